The fourth-order valence-electron chi connectivity index (χ4n) is 2.28. The Morgan fingerprint density at radius 3 is 2.56 bits per heavy atom. The summed E-state index contributed by atoms with van der Waals surface area (Å²) in [6.45, 7) is 0.641. The molecule has 0 atom stereocenters. The summed E-state index contributed by atoms with van der Waals surface area (Å²) in [5, 5.41) is 5.59. The van der Waals surface area contributed by atoms with Crippen molar-refractivity contribution in [3.8, 4) is 0 Å². The van der Waals surface area contributed by atoms with E-state index in [2.05, 4.69) is 20.6 Å². The lowest BCUT2D eigenvalue weighted by molar-refractivity contribution is 0.102. The van der Waals surface area contributed by atoms with Gasteiger partial charge in [0.15, 0.2) is 0 Å². The fourth-order valence-corrected chi connectivity index (χ4v) is 2.28. The van der Waals surface area contributed by atoms with Gasteiger partial charge in [0.1, 0.15) is 11.5 Å². The van der Waals surface area contributed by atoms with Gasteiger partial charge >= 0.3 is 0 Å². The molecule has 0 saturated heterocycles. The topological polar surface area (TPSA) is 66.9 Å². The van der Waals surface area contributed by atoms with E-state index in [0.717, 1.165) is 6.42 Å². The fraction of sp³-hybridized carbons (Fsp3) is 0.105. The van der Waals surface area contributed by atoms with Gasteiger partial charge in [0.2, 0.25) is 5.95 Å². The van der Waals surface area contributed by atoms with E-state index in [0.29, 0.717) is 12.5 Å². The van der Waals surface area contributed by atoms with Gasteiger partial charge in [0.25, 0.3) is 5.91 Å². The average Bonchev–Trinajstić information content (AvgIpc) is 2.65. The zero-order valence-electron chi connectivity index (χ0n) is 13.4. The minimum atomic E-state index is -0.494. The summed E-state index contributed by atoms with van der Waals surface area (Å²) in [6, 6.07) is 17.5. The predicted molar refractivity (Wildman–Crippen MR) is 95.0 cm³/mol. The lowest BCUT2D eigenvalue weighted by atomic mass is 10.1. The van der Waals surface area contributed by atoms with Crippen LogP contribution in [0.5, 0.6) is 0 Å². The molecule has 3 aromatic rings. The van der Waals surface area contributed by atoms with E-state index >= 15 is 0 Å². The molecule has 1 heterocycles. The molecule has 0 aliphatic heterocycles. The molecule has 0 aliphatic rings. The Hall–Kier alpha value is -3.28. The molecule has 25 heavy (non-hydrogen) atoms. The van der Waals surface area contributed by atoms with Crippen LogP contribution in [0.2, 0.25) is 0 Å². The first-order valence-corrected chi connectivity index (χ1v) is 7.89. The smallest absolute Gasteiger partial charge is 0.274 e. The summed E-state index contributed by atoms with van der Waals surface area (Å²) in [5.41, 5.74) is 1.48. The van der Waals surface area contributed by atoms with Gasteiger partial charge in [0, 0.05) is 12.7 Å². The minimum absolute atomic E-state index is 0.115. The van der Waals surface area contributed by atoms with Crippen LogP contribution in [0, 0.1) is 5.82 Å². The Morgan fingerprint density at radius 1 is 1.00 bits per heavy atom. The van der Waals surface area contributed by atoms with Gasteiger partial charge in [-0.25, -0.2) is 14.4 Å². The molecule has 1 amide bonds. The highest BCUT2D eigenvalue weighted by Gasteiger charge is 2.11. The van der Waals surface area contributed by atoms with Gasteiger partial charge in [-0.3, -0.25) is 4.79 Å². The van der Waals surface area contributed by atoms with E-state index in [1.54, 1.807) is 12.1 Å². The maximum Gasteiger partial charge on any atom is 0.274 e. The third-order valence-electron chi connectivity index (χ3n) is 3.55. The number of nitrogens with one attached hydrogen (secondary N) is 2. The third-order valence-corrected chi connectivity index (χ3v) is 3.55. The van der Waals surface area contributed by atoms with Gasteiger partial charge < -0.3 is 10.6 Å². The molecule has 6 heteroatoms. The third kappa shape index (κ3) is 4.60. The number of rotatable bonds is 6. The number of benzene rings is 2. The average molecular weight is 336 g/mol. The second-order valence-corrected chi connectivity index (χ2v) is 5.36. The molecule has 0 saturated carbocycles. The monoisotopic (exact) mass is 336 g/mol. The summed E-state index contributed by atoms with van der Waals surface area (Å²) >= 11 is 0. The molecule has 0 unspecified atom stereocenters. The van der Waals surface area contributed by atoms with Gasteiger partial charge in [-0.2, -0.15) is 0 Å². The Labute approximate surface area is 145 Å². The van der Waals surface area contributed by atoms with Crippen molar-refractivity contribution < 1.29 is 9.18 Å². The first kappa shape index (κ1) is 16.6. The number of hydrogen-bond acceptors (Lipinski definition) is 4. The summed E-state index contributed by atoms with van der Waals surface area (Å²) < 4.78 is 13.6. The number of anilines is 2. The van der Waals surface area contributed by atoms with E-state index in [-0.39, 0.29) is 11.4 Å². The molecule has 0 radical (unpaired) electrons. The van der Waals surface area contributed by atoms with E-state index in [1.807, 2.05) is 30.3 Å². The van der Waals surface area contributed by atoms with Crippen LogP contribution >= 0.6 is 0 Å². The number of carbonyl (C=O) groups excluding carboxylic acids is 1. The van der Waals surface area contributed by atoms with Crippen molar-refractivity contribution >= 4 is 17.5 Å². The number of carbonyl (C=O) groups is 1. The summed E-state index contributed by atoms with van der Waals surface area (Å²) in [4.78, 5) is 20.5. The van der Waals surface area contributed by atoms with Gasteiger partial charge in [-0.15, -0.1) is 0 Å². The van der Waals surface area contributed by atoms with Gasteiger partial charge in [-0.05, 0) is 30.2 Å². The van der Waals surface area contributed by atoms with Gasteiger partial charge in [0.05, 0.1) is 5.69 Å². The SMILES string of the molecule is O=C(Nc1ccccc1F)c1ccnc(NCCc2ccccc2)n1. The Morgan fingerprint density at radius 2 is 1.76 bits per heavy atom. The van der Waals surface area contributed by atoms with Crippen LogP contribution < -0.4 is 10.6 Å². The van der Waals surface area contributed by atoms with Crippen LogP contribution in [-0.2, 0) is 6.42 Å². The molecule has 0 fully saturated rings. The normalized spacial score (nSPS) is 10.3. The molecular weight excluding hydrogens is 319 g/mol. The maximum absolute atomic E-state index is 13.6. The highest BCUT2D eigenvalue weighted by atomic mass is 19.1. The van der Waals surface area contributed by atoms with Crippen molar-refractivity contribution in [1.82, 2.24) is 9.97 Å². The molecule has 0 bridgehead atoms. The van der Waals surface area contributed by atoms with Crippen LogP contribution in [0.3, 0.4) is 0 Å². The van der Waals surface area contributed by atoms with Crippen LogP contribution in [0.15, 0.2) is 66.9 Å². The lowest BCUT2D eigenvalue weighted by Gasteiger charge is -2.08. The van der Waals surface area contributed by atoms with Gasteiger partial charge in [-0.1, -0.05) is 42.5 Å². The molecule has 0 spiro atoms. The second-order valence-electron chi connectivity index (χ2n) is 5.36. The molecule has 126 valence electrons. The highest BCUT2D eigenvalue weighted by Crippen LogP contribution is 2.13. The quantitative estimate of drug-likeness (QED) is 0.723. The standard InChI is InChI=1S/C19H17FN4O/c20-15-8-4-5-9-16(15)23-18(25)17-11-13-22-19(24-17)21-12-10-14-6-2-1-3-7-14/h1-9,11,13H,10,12H2,(H,23,25)(H,21,22,24). The first-order chi connectivity index (χ1) is 12.2. The Bertz CT molecular complexity index is 855. The predicted octanol–water partition coefficient (Wildman–Crippen LogP) is 3.52. The second kappa shape index (κ2) is 8.01. The van der Waals surface area contributed by atoms with Crippen molar-refractivity contribution in [2.75, 3.05) is 17.2 Å². The van der Waals surface area contributed by atoms with Crippen LogP contribution in [0.4, 0.5) is 16.0 Å². The number of para-hydroxylation sites is 1. The molecule has 1 aromatic heterocycles. The largest absolute Gasteiger partial charge is 0.354 e. The molecule has 2 N–H and O–H groups in total. The van der Waals surface area contributed by atoms with Crippen LogP contribution in [0.1, 0.15) is 16.1 Å². The van der Waals surface area contributed by atoms with E-state index in [9.17, 15) is 9.18 Å². The number of aromatic nitrogens is 2. The van der Waals surface area contributed by atoms with Crippen molar-refractivity contribution in [3.05, 3.63) is 83.9 Å². The molecular formula is C19H17FN4O. The lowest BCUT2D eigenvalue weighted by Crippen LogP contribution is -2.16. The van der Waals surface area contributed by atoms with E-state index < -0.39 is 11.7 Å². The molecule has 2 aromatic carbocycles. The Kier molecular flexibility index (Phi) is 5.31. The summed E-state index contributed by atoms with van der Waals surface area (Å²) in [6.07, 6.45) is 2.31. The van der Waals surface area contributed by atoms with E-state index in [4.69, 9.17) is 0 Å². The zero-order chi connectivity index (χ0) is 17.5. The van der Waals surface area contributed by atoms with Crippen LogP contribution in [0.25, 0.3) is 0 Å². The minimum Gasteiger partial charge on any atom is -0.354 e. The zero-order valence-corrected chi connectivity index (χ0v) is 13.4. The maximum atomic E-state index is 13.6. The van der Waals surface area contributed by atoms with E-state index in [1.165, 1.54) is 30.0 Å². The summed E-state index contributed by atoms with van der Waals surface area (Å²) in [5.74, 6) is -0.623. The molecule has 0 aliphatic carbocycles. The van der Waals surface area contributed by atoms with Crippen LogP contribution in [-0.4, -0.2) is 22.4 Å². The molecule has 5 nitrogen and oxygen atoms in total. The van der Waals surface area contributed by atoms with Crippen molar-refractivity contribution in [1.29, 1.82) is 0 Å². The number of halogens is 1. The summed E-state index contributed by atoms with van der Waals surface area (Å²) in [7, 11) is 0. The number of hydrogen-bond donors (Lipinski definition) is 2. The Balaban J connectivity index is 1.61. The number of amides is 1. The first-order valence-electron chi connectivity index (χ1n) is 7.89. The molecule has 3 rings (SSSR count). The van der Waals surface area contributed by atoms with Crippen molar-refractivity contribution in [2.24, 2.45) is 0 Å². The van der Waals surface area contributed by atoms with Crippen molar-refractivity contribution in [2.45, 2.75) is 6.42 Å². The number of nitrogens with zero attached hydrogens (tertiary/aromatic N) is 2. The highest BCUT2D eigenvalue weighted by molar-refractivity contribution is 6.03. The van der Waals surface area contributed by atoms with Crippen molar-refractivity contribution in [3.63, 3.8) is 0 Å².